The van der Waals surface area contributed by atoms with E-state index in [1.807, 2.05) is 6.92 Å². The summed E-state index contributed by atoms with van der Waals surface area (Å²) in [5.74, 6) is 0.533. The fourth-order valence-electron chi connectivity index (χ4n) is 3.11. The number of hydrogen-bond donors (Lipinski definition) is 1. The highest BCUT2D eigenvalue weighted by molar-refractivity contribution is 7.89. The summed E-state index contributed by atoms with van der Waals surface area (Å²) < 4.78 is 30.7. The minimum absolute atomic E-state index is 0.0271. The third kappa shape index (κ3) is 3.09. The minimum Gasteiger partial charge on any atom is -0.469 e. The Morgan fingerprint density at radius 2 is 2.16 bits per heavy atom. The molecule has 0 saturated carbocycles. The molecule has 7 heteroatoms. The molecule has 2 aliphatic heterocycles. The summed E-state index contributed by atoms with van der Waals surface area (Å²) in [7, 11) is -1.94. The number of carbonyl (C=O) groups excluding carboxylic acids is 1. The highest BCUT2D eigenvalue weighted by Crippen LogP contribution is 2.34. The summed E-state index contributed by atoms with van der Waals surface area (Å²) >= 11 is 0. The van der Waals surface area contributed by atoms with Crippen LogP contribution in [0.1, 0.15) is 19.8 Å². The average Bonchev–Trinajstić information content (AvgIpc) is 2.92. The van der Waals surface area contributed by atoms with Gasteiger partial charge in [0.15, 0.2) is 0 Å². The zero-order valence-corrected chi connectivity index (χ0v) is 12.3. The second-order valence-corrected chi connectivity index (χ2v) is 7.43. The lowest BCUT2D eigenvalue weighted by Crippen LogP contribution is -2.39. The van der Waals surface area contributed by atoms with Gasteiger partial charge in [-0.2, -0.15) is 4.31 Å². The van der Waals surface area contributed by atoms with Crippen LogP contribution in [-0.4, -0.2) is 57.2 Å². The van der Waals surface area contributed by atoms with Crippen molar-refractivity contribution in [1.29, 1.82) is 0 Å². The first kappa shape index (κ1) is 14.7. The molecular formula is C12H22N2O4S. The van der Waals surface area contributed by atoms with E-state index >= 15 is 0 Å². The largest absolute Gasteiger partial charge is 0.469 e. The van der Waals surface area contributed by atoms with Crippen molar-refractivity contribution in [2.45, 2.75) is 25.8 Å². The van der Waals surface area contributed by atoms with Crippen LogP contribution >= 0.6 is 0 Å². The van der Waals surface area contributed by atoms with Crippen LogP contribution in [0.15, 0.2) is 0 Å². The van der Waals surface area contributed by atoms with Gasteiger partial charge in [-0.15, -0.1) is 0 Å². The zero-order chi connectivity index (χ0) is 14.0. The molecule has 0 aromatic heterocycles. The molecule has 2 fully saturated rings. The van der Waals surface area contributed by atoms with Gasteiger partial charge >= 0.3 is 5.97 Å². The number of nitrogens with one attached hydrogen (secondary N) is 1. The number of methoxy groups -OCH3 is 1. The van der Waals surface area contributed by atoms with Gasteiger partial charge in [0.25, 0.3) is 0 Å². The van der Waals surface area contributed by atoms with Crippen LogP contribution in [0.5, 0.6) is 0 Å². The fraction of sp³-hybridized carbons (Fsp3) is 0.917. The van der Waals surface area contributed by atoms with Crippen molar-refractivity contribution < 1.29 is 17.9 Å². The Morgan fingerprint density at radius 1 is 1.42 bits per heavy atom. The second-order valence-electron chi connectivity index (χ2n) is 5.39. The molecule has 0 aliphatic carbocycles. The summed E-state index contributed by atoms with van der Waals surface area (Å²) in [4.78, 5) is 11.0. The molecule has 110 valence electrons. The highest BCUT2D eigenvalue weighted by Gasteiger charge is 2.46. The maximum atomic E-state index is 12.3. The van der Waals surface area contributed by atoms with Crippen molar-refractivity contribution in [2.75, 3.05) is 32.5 Å². The molecule has 0 radical (unpaired) electrons. The standard InChI is InChI=1S/C12H22N2O4S/c1-9-11-7-13-6-10(11)8-14(9)19(16,17)5-3-4-12(15)18-2/h9-11,13H,3-8H2,1-2H3. The number of sulfonamides is 1. The van der Waals surface area contributed by atoms with Gasteiger partial charge in [0.1, 0.15) is 0 Å². The van der Waals surface area contributed by atoms with E-state index in [9.17, 15) is 13.2 Å². The van der Waals surface area contributed by atoms with Crippen molar-refractivity contribution in [3.63, 3.8) is 0 Å². The van der Waals surface area contributed by atoms with Gasteiger partial charge in [-0.25, -0.2) is 8.42 Å². The minimum atomic E-state index is -3.26. The Bertz CT molecular complexity index is 437. The molecule has 19 heavy (non-hydrogen) atoms. The van der Waals surface area contributed by atoms with E-state index in [0.29, 0.717) is 24.8 Å². The van der Waals surface area contributed by atoms with Gasteiger partial charge in [-0.05, 0) is 38.3 Å². The maximum absolute atomic E-state index is 12.3. The molecule has 0 aromatic rings. The highest BCUT2D eigenvalue weighted by atomic mass is 32.2. The van der Waals surface area contributed by atoms with E-state index in [2.05, 4.69) is 10.1 Å². The molecular weight excluding hydrogens is 268 g/mol. The van der Waals surface area contributed by atoms with Crippen molar-refractivity contribution in [3.8, 4) is 0 Å². The van der Waals surface area contributed by atoms with E-state index in [1.54, 1.807) is 4.31 Å². The number of ether oxygens (including phenoxy) is 1. The van der Waals surface area contributed by atoms with Gasteiger partial charge in [-0.1, -0.05) is 0 Å². The molecule has 2 aliphatic rings. The van der Waals surface area contributed by atoms with Crippen LogP contribution in [0.3, 0.4) is 0 Å². The van der Waals surface area contributed by atoms with E-state index in [-0.39, 0.29) is 24.2 Å². The smallest absolute Gasteiger partial charge is 0.305 e. The van der Waals surface area contributed by atoms with Crippen LogP contribution in [0.4, 0.5) is 0 Å². The molecule has 3 unspecified atom stereocenters. The van der Waals surface area contributed by atoms with Gasteiger partial charge < -0.3 is 10.1 Å². The summed E-state index contributed by atoms with van der Waals surface area (Å²) in [6.07, 6.45) is 0.484. The second kappa shape index (κ2) is 5.76. The molecule has 0 amide bonds. The van der Waals surface area contributed by atoms with Crippen LogP contribution in [0, 0.1) is 11.8 Å². The SMILES string of the molecule is COC(=O)CCCS(=O)(=O)N1CC2CNCC2C1C. The number of rotatable bonds is 5. The Kier molecular flexibility index (Phi) is 4.47. The third-order valence-electron chi connectivity index (χ3n) is 4.25. The van der Waals surface area contributed by atoms with E-state index in [1.165, 1.54) is 7.11 Å². The van der Waals surface area contributed by atoms with Gasteiger partial charge in [-0.3, -0.25) is 4.79 Å². The van der Waals surface area contributed by atoms with Crippen molar-refractivity contribution in [3.05, 3.63) is 0 Å². The number of nitrogens with zero attached hydrogens (tertiary/aromatic N) is 1. The number of fused-ring (bicyclic) bond motifs is 1. The van der Waals surface area contributed by atoms with Crippen LogP contribution in [-0.2, 0) is 19.6 Å². The molecule has 0 aromatic carbocycles. The van der Waals surface area contributed by atoms with Crippen LogP contribution in [0.25, 0.3) is 0 Å². The molecule has 0 bridgehead atoms. The van der Waals surface area contributed by atoms with Crippen LogP contribution < -0.4 is 5.32 Å². The molecule has 1 N–H and O–H groups in total. The molecule has 2 heterocycles. The Labute approximate surface area is 114 Å². The zero-order valence-electron chi connectivity index (χ0n) is 11.5. The molecule has 2 rings (SSSR count). The molecule has 6 nitrogen and oxygen atoms in total. The number of carbonyl (C=O) groups is 1. The first-order valence-corrected chi connectivity index (χ1v) is 8.33. The third-order valence-corrected chi connectivity index (χ3v) is 6.25. The summed E-state index contributed by atoms with van der Waals surface area (Å²) in [6.45, 7) is 4.40. The summed E-state index contributed by atoms with van der Waals surface area (Å²) in [5, 5.41) is 3.31. The summed E-state index contributed by atoms with van der Waals surface area (Å²) in [6, 6.07) is 0.0585. The topological polar surface area (TPSA) is 75.7 Å². The quantitative estimate of drug-likeness (QED) is 0.710. The lowest BCUT2D eigenvalue weighted by atomic mass is 9.95. The van der Waals surface area contributed by atoms with Gasteiger partial charge in [0.2, 0.25) is 10.0 Å². The lowest BCUT2D eigenvalue weighted by molar-refractivity contribution is -0.140. The van der Waals surface area contributed by atoms with Crippen molar-refractivity contribution >= 4 is 16.0 Å². The Morgan fingerprint density at radius 3 is 2.79 bits per heavy atom. The summed E-state index contributed by atoms with van der Waals surface area (Å²) in [5.41, 5.74) is 0. The maximum Gasteiger partial charge on any atom is 0.305 e. The Hall–Kier alpha value is -0.660. The number of esters is 1. The predicted octanol–water partition coefficient (Wildman–Crippen LogP) is -0.191. The Balaban J connectivity index is 1.91. The fourth-order valence-corrected chi connectivity index (χ4v) is 4.94. The first-order valence-electron chi connectivity index (χ1n) is 6.72. The van der Waals surface area contributed by atoms with Crippen molar-refractivity contribution in [2.24, 2.45) is 11.8 Å². The van der Waals surface area contributed by atoms with Crippen molar-refractivity contribution in [1.82, 2.24) is 9.62 Å². The van der Waals surface area contributed by atoms with Gasteiger partial charge in [0.05, 0.1) is 12.9 Å². The monoisotopic (exact) mass is 290 g/mol. The van der Waals surface area contributed by atoms with Gasteiger partial charge in [0, 0.05) is 19.0 Å². The van der Waals surface area contributed by atoms with E-state index < -0.39 is 10.0 Å². The van der Waals surface area contributed by atoms with E-state index in [0.717, 1.165) is 13.1 Å². The number of hydrogen-bond acceptors (Lipinski definition) is 5. The molecule has 3 atom stereocenters. The average molecular weight is 290 g/mol. The normalized spacial score (nSPS) is 31.4. The van der Waals surface area contributed by atoms with Crippen LogP contribution in [0.2, 0.25) is 0 Å². The van der Waals surface area contributed by atoms with E-state index in [4.69, 9.17) is 0 Å². The lowest BCUT2D eigenvalue weighted by Gasteiger charge is -2.23. The molecule has 2 saturated heterocycles. The first-order chi connectivity index (χ1) is 8.95. The molecule has 0 spiro atoms. The predicted molar refractivity (Wildman–Crippen MR) is 71.1 cm³/mol.